The van der Waals surface area contributed by atoms with Crippen LogP contribution in [0.15, 0.2) is 24.3 Å². The van der Waals surface area contributed by atoms with E-state index in [0.717, 1.165) is 19.3 Å². The zero-order chi connectivity index (χ0) is 15.9. The van der Waals surface area contributed by atoms with E-state index in [9.17, 15) is 19.5 Å². The van der Waals surface area contributed by atoms with Gasteiger partial charge in [-0.05, 0) is 49.3 Å². The Kier molecular flexibility index (Phi) is 3.60. The van der Waals surface area contributed by atoms with Crippen molar-refractivity contribution in [1.29, 1.82) is 0 Å². The summed E-state index contributed by atoms with van der Waals surface area (Å²) in [7, 11) is 0. The molecular weight excluding hydrogens is 286 g/mol. The highest BCUT2D eigenvalue weighted by Gasteiger charge is 2.53. The van der Waals surface area contributed by atoms with Crippen LogP contribution < -0.4 is 5.32 Å². The summed E-state index contributed by atoms with van der Waals surface area (Å²) in [6.45, 7) is 0. The van der Waals surface area contributed by atoms with Gasteiger partial charge >= 0.3 is 11.9 Å². The molecular formula is C16H17NO5. The van der Waals surface area contributed by atoms with E-state index in [2.05, 4.69) is 5.32 Å². The standard InChI is InChI=1S/C16H17NO5/c18-14(17-11-3-1-2-10(7-11)15(19)20)12-8-4-5-9(6-8)13(12)16(21)22/h1-3,7-9,12-13H,4-6H2,(H,17,18)(H,19,20)(H,21,22)/t8-,9-,12+,13+/m0/s1. The monoisotopic (exact) mass is 303 g/mol. The molecule has 4 atom stereocenters. The number of anilines is 1. The zero-order valence-corrected chi connectivity index (χ0v) is 11.9. The molecule has 2 aliphatic rings. The molecule has 0 aliphatic heterocycles. The summed E-state index contributed by atoms with van der Waals surface area (Å²) in [5.74, 6) is -3.24. The minimum absolute atomic E-state index is 0.0838. The molecule has 116 valence electrons. The van der Waals surface area contributed by atoms with Crippen LogP contribution in [-0.2, 0) is 9.59 Å². The number of aromatic carboxylic acids is 1. The number of rotatable bonds is 4. The SMILES string of the molecule is O=C(O)c1cccc(NC(=O)[C@@H]2[C@H]3CC[C@@H](C3)[C@H]2C(=O)O)c1. The van der Waals surface area contributed by atoms with Gasteiger partial charge in [-0.15, -0.1) is 0 Å². The molecule has 0 unspecified atom stereocenters. The van der Waals surface area contributed by atoms with Gasteiger partial charge in [0.25, 0.3) is 0 Å². The molecule has 3 N–H and O–H groups in total. The van der Waals surface area contributed by atoms with E-state index in [-0.39, 0.29) is 23.3 Å². The molecule has 0 heterocycles. The normalized spacial score (nSPS) is 29.3. The Morgan fingerprint density at radius 1 is 1.05 bits per heavy atom. The molecule has 22 heavy (non-hydrogen) atoms. The molecule has 2 bridgehead atoms. The van der Waals surface area contributed by atoms with Crippen LogP contribution in [0.4, 0.5) is 5.69 Å². The zero-order valence-electron chi connectivity index (χ0n) is 11.9. The van der Waals surface area contributed by atoms with Crippen molar-refractivity contribution in [2.45, 2.75) is 19.3 Å². The van der Waals surface area contributed by atoms with E-state index in [4.69, 9.17) is 5.11 Å². The Balaban J connectivity index is 1.78. The maximum Gasteiger partial charge on any atom is 0.335 e. The van der Waals surface area contributed by atoms with Crippen LogP contribution in [0.1, 0.15) is 29.6 Å². The van der Waals surface area contributed by atoms with Crippen LogP contribution in [0.25, 0.3) is 0 Å². The first-order valence-electron chi connectivity index (χ1n) is 7.34. The minimum Gasteiger partial charge on any atom is -0.481 e. The molecule has 0 aromatic heterocycles. The first-order chi connectivity index (χ1) is 10.5. The van der Waals surface area contributed by atoms with Crippen molar-refractivity contribution < 1.29 is 24.6 Å². The second-order valence-electron chi connectivity index (χ2n) is 6.10. The van der Waals surface area contributed by atoms with Gasteiger partial charge in [0.1, 0.15) is 0 Å². The van der Waals surface area contributed by atoms with Gasteiger partial charge in [0.2, 0.25) is 5.91 Å². The second-order valence-corrected chi connectivity index (χ2v) is 6.10. The number of aliphatic carboxylic acids is 1. The Hall–Kier alpha value is -2.37. The molecule has 6 heteroatoms. The molecule has 2 aliphatic carbocycles. The van der Waals surface area contributed by atoms with Gasteiger partial charge in [-0.25, -0.2) is 4.79 Å². The summed E-state index contributed by atoms with van der Waals surface area (Å²) < 4.78 is 0. The van der Waals surface area contributed by atoms with E-state index >= 15 is 0 Å². The van der Waals surface area contributed by atoms with Gasteiger partial charge in [0.05, 0.1) is 17.4 Å². The van der Waals surface area contributed by atoms with Gasteiger partial charge in [0, 0.05) is 5.69 Å². The summed E-state index contributed by atoms with van der Waals surface area (Å²) in [6.07, 6.45) is 2.56. The van der Waals surface area contributed by atoms with Gasteiger partial charge in [-0.2, -0.15) is 0 Å². The topological polar surface area (TPSA) is 104 Å². The van der Waals surface area contributed by atoms with Gasteiger partial charge < -0.3 is 15.5 Å². The van der Waals surface area contributed by atoms with Crippen LogP contribution in [0.2, 0.25) is 0 Å². The molecule has 6 nitrogen and oxygen atoms in total. The average Bonchev–Trinajstić information content (AvgIpc) is 3.07. The number of hydrogen-bond donors (Lipinski definition) is 3. The average molecular weight is 303 g/mol. The number of fused-ring (bicyclic) bond motifs is 2. The lowest BCUT2D eigenvalue weighted by Crippen LogP contribution is -2.37. The lowest BCUT2D eigenvalue weighted by Gasteiger charge is -2.27. The van der Waals surface area contributed by atoms with E-state index in [0.29, 0.717) is 5.69 Å². The number of carboxylic acids is 2. The van der Waals surface area contributed by atoms with Gasteiger partial charge in [0.15, 0.2) is 0 Å². The highest BCUT2D eigenvalue weighted by molar-refractivity contribution is 5.97. The number of hydrogen-bond acceptors (Lipinski definition) is 3. The lowest BCUT2D eigenvalue weighted by atomic mass is 9.78. The highest BCUT2D eigenvalue weighted by Crippen LogP contribution is 2.52. The maximum atomic E-state index is 12.5. The van der Waals surface area contributed by atoms with Crippen LogP contribution in [0.3, 0.4) is 0 Å². The summed E-state index contributed by atoms with van der Waals surface area (Å²) in [5.41, 5.74) is 0.470. The summed E-state index contributed by atoms with van der Waals surface area (Å²) in [5, 5.41) is 21.0. The number of carboxylic acid groups (broad SMARTS) is 2. The lowest BCUT2D eigenvalue weighted by molar-refractivity contribution is -0.148. The molecule has 0 radical (unpaired) electrons. The third-order valence-electron chi connectivity index (χ3n) is 4.88. The van der Waals surface area contributed by atoms with Gasteiger partial charge in [-0.3, -0.25) is 9.59 Å². The number of amides is 1. The fourth-order valence-corrected chi connectivity index (χ4v) is 3.98. The second kappa shape index (κ2) is 5.44. The van der Waals surface area contributed by atoms with E-state index in [1.54, 1.807) is 12.1 Å². The first kappa shape index (κ1) is 14.6. The van der Waals surface area contributed by atoms with E-state index in [1.165, 1.54) is 12.1 Å². The first-order valence-corrected chi connectivity index (χ1v) is 7.34. The van der Waals surface area contributed by atoms with Crippen molar-refractivity contribution in [1.82, 2.24) is 0 Å². The highest BCUT2D eigenvalue weighted by atomic mass is 16.4. The van der Waals surface area contributed by atoms with Crippen LogP contribution >= 0.6 is 0 Å². The fourth-order valence-electron chi connectivity index (χ4n) is 3.98. The van der Waals surface area contributed by atoms with Crippen molar-refractivity contribution in [3.05, 3.63) is 29.8 Å². The predicted octanol–water partition coefficient (Wildman–Crippen LogP) is 2.07. The largest absolute Gasteiger partial charge is 0.481 e. The molecule has 1 aromatic carbocycles. The van der Waals surface area contributed by atoms with E-state index in [1.807, 2.05) is 0 Å². The third kappa shape index (κ3) is 2.45. The van der Waals surface area contributed by atoms with Crippen molar-refractivity contribution in [2.75, 3.05) is 5.32 Å². The Morgan fingerprint density at radius 2 is 1.73 bits per heavy atom. The molecule has 1 aromatic rings. The maximum absolute atomic E-state index is 12.5. The van der Waals surface area contributed by atoms with Crippen molar-refractivity contribution in [3.63, 3.8) is 0 Å². The van der Waals surface area contributed by atoms with Crippen LogP contribution in [0.5, 0.6) is 0 Å². The van der Waals surface area contributed by atoms with E-state index < -0.39 is 23.8 Å². The summed E-state index contributed by atoms with van der Waals surface area (Å²) in [4.78, 5) is 34.9. The smallest absolute Gasteiger partial charge is 0.335 e. The molecule has 1 amide bonds. The molecule has 2 saturated carbocycles. The minimum atomic E-state index is -1.07. The number of carbonyl (C=O) groups is 3. The number of carbonyl (C=O) groups excluding carboxylic acids is 1. The third-order valence-corrected chi connectivity index (χ3v) is 4.88. The molecule has 2 fully saturated rings. The number of nitrogens with one attached hydrogen (secondary N) is 1. The predicted molar refractivity (Wildman–Crippen MR) is 77.5 cm³/mol. The van der Waals surface area contributed by atoms with Crippen molar-refractivity contribution in [3.8, 4) is 0 Å². The van der Waals surface area contributed by atoms with Crippen LogP contribution in [-0.4, -0.2) is 28.1 Å². The Bertz CT molecular complexity index is 641. The molecule has 3 rings (SSSR count). The van der Waals surface area contributed by atoms with Crippen molar-refractivity contribution in [2.24, 2.45) is 23.7 Å². The fraction of sp³-hybridized carbons (Fsp3) is 0.438. The number of benzene rings is 1. The molecule has 0 spiro atoms. The molecule has 0 saturated heterocycles. The Morgan fingerprint density at radius 3 is 2.36 bits per heavy atom. The quantitative estimate of drug-likeness (QED) is 0.790. The summed E-state index contributed by atoms with van der Waals surface area (Å²) in [6, 6.07) is 5.97. The van der Waals surface area contributed by atoms with Crippen LogP contribution in [0, 0.1) is 23.7 Å². The van der Waals surface area contributed by atoms with Gasteiger partial charge in [-0.1, -0.05) is 6.07 Å². The van der Waals surface area contributed by atoms with Crippen molar-refractivity contribution >= 4 is 23.5 Å². The summed E-state index contributed by atoms with van der Waals surface area (Å²) >= 11 is 0. The Labute approximate surface area is 127 Å².